The third-order valence-electron chi connectivity index (χ3n) is 5.85. The van der Waals surface area contributed by atoms with Crippen LogP contribution >= 0.6 is 34.3 Å². The van der Waals surface area contributed by atoms with E-state index < -0.39 is 22.0 Å². The number of sulfonamides is 1. The Morgan fingerprint density at radius 2 is 2.06 bits per heavy atom. The highest BCUT2D eigenvalue weighted by Crippen LogP contribution is 2.34. The maximum absolute atomic E-state index is 13.4. The summed E-state index contributed by atoms with van der Waals surface area (Å²) in [6.45, 7) is 0.988. The first-order chi connectivity index (χ1) is 16.2. The molecule has 1 saturated heterocycles. The number of aromatic nitrogens is 1. The van der Waals surface area contributed by atoms with Gasteiger partial charge in [0.25, 0.3) is 15.9 Å². The number of carboxylic acids is 1. The number of amides is 1. The van der Waals surface area contributed by atoms with Crippen LogP contribution in [0.2, 0.25) is 5.02 Å². The van der Waals surface area contributed by atoms with Crippen LogP contribution in [0.4, 0.5) is 0 Å². The number of thiazole rings is 1. The predicted octanol–water partition coefficient (Wildman–Crippen LogP) is 3.07. The third-order valence-corrected chi connectivity index (χ3v) is 10.6. The molecule has 0 saturated carbocycles. The molecule has 180 valence electrons. The van der Waals surface area contributed by atoms with Crippen molar-refractivity contribution >= 4 is 66.3 Å². The normalized spacial score (nSPS) is 19.3. The van der Waals surface area contributed by atoms with Crippen LogP contribution in [0, 0.1) is 0 Å². The monoisotopic (exact) mass is 541 g/mol. The minimum atomic E-state index is -3.87. The molecule has 5 rings (SSSR count). The fourth-order valence-electron chi connectivity index (χ4n) is 4.16. The van der Waals surface area contributed by atoms with Gasteiger partial charge in [-0.05, 0) is 23.6 Å². The number of carbonyl (C=O) groups is 2. The second kappa shape index (κ2) is 9.17. The van der Waals surface area contributed by atoms with E-state index in [1.165, 1.54) is 20.5 Å². The van der Waals surface area contributed by atoms with Gasteiger partial charge in [0.05, 0.1) is 36.2 Å². The number of rotatable bonds is 5. The van der Waals surface area contributed by atoms with Crippen molar-refractivity contribution in [1.29, 1.82) is 0 Å². The number of aliphatic carboxylic acids is 1. The number of hydrogen-bond acceptors (Lipinski definition) is 8. The van der Waals surface area contributed by atoms with E-state index in [1.54, 1.807) is 24.3 Å². The van der Waals surface area contributed by atoms with Gasteiger partial charge in [-0.3, -0.25) is 9.59 Å². The molecule has 4 heterocycles. The number of carboxylic acid groups (broad SMARTS) is 1. The number of fused-ring (bicyclic) bond motifs is 2. The first-order valence-electron chi connectivity index (χ1n) is 10.5. The highest BCUT2D eigenvalue weighted by atomic mass is 35.5. The maximum atomic E-state index is 13.4. The molecule has 1 fully saturated rings. The molecule has 3 aromatic rings. The summed E-state index contributed by atoms with van der Waals surface area (Å²) in [5.74, 6) is -1.48. The van der Waals surface area contributed by atoms with E-state index >= 15 is 0 Å². The largest absolute Gasteiger partial charge is 0.481 e. The molecule has 0 radical (unpaired) electrons. The smallest absolute Gasteiger partial charge is 0.305 e. The van der Waals surface area contributed by atoms with Crippen LogP contribution in [0.5, 0.6) is 0 Å². The molecule has 34 heavy (non-hydrogen) atoms. The zero-order chi connectivity index (χ0) is 24.0. The Morgan fingerprint density at radius 1 is 1.24 bits per heavy atom. The van der Waals surface area contributed by atoms with Gasteiger partial charge in [0, 0.05) is 35.8 Å². The van der Waals surface area contributed by atoms with Crippen molar-refractivity contribution in [2.24, 2.45) is 0 Å². The third kappa shape index (κ3) is 4.45. The SMILES string of the molecule is O=C(O)CC1CN(S(=O)(=O)c2cc3ccc(Cl)cc3s2)CCN1C(=O)c1nc2c(s1)COCC2. The standard InChI is InChI=1S/C21H20ClN3O6S3/c22-13-2-1-12-7-19(32-16(12)8-13)34(29,30)24-4-5-25(14(10-24)9-18(26)27)21(28)20-23-15-3-6-31-11-17(15)33-20/h1-2,7-8,14H,3-6,9-11H2,(H,26,27). The fourth-order valence-corrected chi connectivity index (χ4v) is 8.46. The molecular formula is C21H20ClN3O6S3. The molecule has 1 unspecified atom stereocenters. The van der Waals surface area contributed by atoms with Crippen LogP contribution in [0.25, 0.3) is 10.1 Å². The fraction of sp³-hybridized carbons (Fsp3) is 0.381. The Hall–Kier alpha value is -2.09. The summed E-state index contributed by atoms with van der Waals surface area (Å²) in [7, 11) is -3.87. The van der Waals surface area contributed by atoms with E-state index in [-0.39, 0.29) is 41.2 Å². The summed E-state index contributed by atoms with van der Waals surface area (Å²) in [5.41, 5.74) is 0.834. The average molecular weight is 542 g/mol. The van der Waals surface area contributed by atoms with E-state index in [2.05, 4.69) is 4.98 Å². The van der Waals surface area contributed by atoms with Crippen molar-refractivity contribution in [3.63, 3.8) is 0 Å². The van der Waals surface area contributed by atoms with Crippen LogP contribution in [0.3, 0.4) is 0 Å². The van der Waals surface area contributed by atoms with Crippen LogP contribution in [-0.2, 0) is 32.6 Å². The Balaban J connectivity index is 1.40. The molecule has 9 nitrogen and oxygen atoms in total. The molecule has 0 spiro atoms. The van der Waals surface area contributed by atoms with Gasteiger partial charge >= 0.3 is 5.97 Å². The molecule has 1 N–H and O–H groups in total. The maximum Gasteiger partial charge on any atom is 0.305 e. The molecule has 1 aromatic carbocycles. The zero-order valence-electron chi connectivity index (χ0n) is 17.8. The molecule has 0 bridgehead atoms. The van der Waals surface area contributed by atoms with E-state index in [9.17, 15) is 23.1 Å². The quantitative estimate of drug-likeness (QED) is 0.527. The molecule has 2 aliphatic rings. The lowest BCUT2D eigenvalue weighted by atomic mass is 10.1. The number of hydrogen-bond donors (Lipinski definition) is 1. The van der Waals surface area contributed by atoms with Crippen molar-refractivity contribution in [1.82, 2.24) is 14.2 Å². The van der Waals surface area contributed by atoms with E-state index in [0.717, 1.165) is 32.0 Å². The molecule has 2 aliphatic heterocycles. The van der Waals surface area contributed by atoms with Gasteiger partial charge in [0.1, 0.15) is 4.21 Å². The topological polar surface area (TPSA) is 117 Å². The number of benzene rings is 1. The average Bonchev–Trinajstić information content (AvgIpc) is 3.42. The van der Waals surface area contributed by atoms with Gasteiger partial charge in [-0.25, -0.2) is 13.4 Å². The highest BCUT2D eigenvalue weighted by Gasteiger charge is 2.39. The van der Waals surface area contributed by atoms with Crippen LogP contribution in [0.15, 0.2) is 28.5 Å². The number of carbonyl (C=O) groups excluding carboxylic acids is 1. The van der Waals surface area contributed by atoms with Crippen molar-refractivity contribution in [2.45, 2.75) is 29.7 Å². The lowest BCUT2D eigenvalue weighted by Gasteiger charge is -2.39. The van der Waals surface area contributed by atoms with Crippen molar-refractivity contribution in [2.75, 3.05) is 26.2 Å². The van der Waals surface area contributed by atoms with Gasteiger partial charge in [-0.1, -0.05) is 17.7 Å². The summed E-state index contributed by atoms with van der Waals surface area (Å²) >= 11 is 8.39. The van der Waals surface area contributed by atoms with Crippen LogP contribution in [0.1, 0.15) is 26.8 Å². The lowest BCUT2D eigenvalue weighted by Crippen LogP contribution is -2.57. The molecule has 1 atom stereocenters. The second-order valence-electron chi connectivity index (χ2n) is 8.05. The van der Waals surface area contributed by atoms with Gasteiger partial charge in [0.2, 0.25) is 0 Å². The number of piperazine rings is 1. The molecule has 0 aliphatic carbocycles. The van der Waals surface area contributed by atoms with Crippen molar-refractivity contribution in [3.8, 4) is 0 Å². The van der Waals surface area contributed by atoms with E-state index in [0.29, 0.717) is 24.7 Å². The van der Waals surface area contributed by atoms with Gasteiger partial charge in [-0.15, -0.1) is 22.7 Å². The predicted molar refractivity (Wildman–Crippen MR) is 128 cm³/mol. The first kappa shape index (κ1) is 23.6. The van der Waals surface area contributed by atoms with E-state index in [1.807, 2.05) is 0 Å². The van der Waals surface area contributed by atoms with Gasteiger partial charge < -0.3 is 14.7 Å². The number of ether oxygens (including phenoxy) is 1. The number of thiophene rings is 1. The van der Waals surface area contributed by atoms with Crippen molar-refractivity contribution < 1.29 is 27.9 Å². The Labute approximate surface area is 208 Å². The second-order valence-corrected chi connectivity index (χ2v) is 12.8. The zero-order valence-corrected chi connectivity index (χ0v) is 21.0. The summed E-state index contributed by atoms with van der Waals surface area (Å²) in [4.78, 5) is 31.6. The van der Waals surface area contributed by atoms with Crippen molar-refractivity contribution in [3.05, 3.63) is 44.9 Å². The summed E-state index contributed by atoms with van der Waals surface area (Å²) in [6, 6.07) is 5.95. The first-order valence-corrected chi connectivity index (χ1v) is 14.0. The molecule has 2 aromatic heterocycles. The Morgan fingerprint density at radius 3 is 2.82 bits per heavy atom. The molecule has 1 amide bonds. The Kier molecular flexibility index (Phi) is 6.38. The van der Waals surface area contributed by atoms with Gasteiger partial charge in [0.15, 0.2) is 5.01 Å². The summed E-state index contributed by atoms with van der Waals surface area (Å²) in [5, 5.41) is 11.0. The lowest BCUT2D eigenvalue weighted by molar-refractivity contribution is -0.138. The summed E-state index contributed by atoms with van der Waals surface area (Å²) in [6.07, 6.45) is 0.262. The highest BCUT2D eigenvalue weighted by molar-refractivity contribution is 7.91. The Bertz CT molecular complexity index is 1360. The van der Waals surface area contributed by atoms with E-state index in [4.69, 9.17) is 16.3 Å². The molecular weight excluding hydrogens is 522 g/mol. The summed E-state index contributed by atoms with van der Waals surface area (Å²) < 4.78 is 34.3. The number of nitrogens with zero attached hydrogens (tertiary/aromatic N) is 3. The van der Waals surface area contributed by atoms with Gasteiger partial charge in [-0.2, -0.15) is 4.31 Å². The van der Waals surface area contributed by atoms with Crippen LogP contribution in [-0.4, -0.2) is 71.9 Å². The molecule has 13 heteroatoms. The minimum Gasteiger partial charge on any atom is -0.481 e. The number of halogens is 1. The van der Waals surface area contributed by atoms with Crippen LogP contribution < -0.4 is 0 Å². The minimum absolute atomic E-state index is 0.0629.